The van der Waals surface area contributed by atoms with Crippen molar-refractivity contribution in [3.8, 4) is 0 Å². The maximum absolute atomic E-state index is 10.6. The van der Waals surface area contributed by atoms with Gasteiger partial charge in [0.2, 0.25) is 0 Å². The molecular formula is C9H4Cl2N2OS2. The molecule has 0 bridgehead atoms. The molecule has 0 aliphatic carbocycles. The van der Waals surface area contributed by atoms with Gasteiger partial charge in [-0.2, -0.15) is 0 Å². The Hall–Kier alpha value is -0.620. The Morgan fingerprint density at radius 2 is 2.19 bits per heavy atom. The summed E-state index contributed by atoms with van der Waals surface area (Å²) in [6.07, 6.45) is 2.25. The number of pyridine rings is 1. The van der Waals surface area contributed by atoms with Gasteiger partial charge in [-0.1, -0.05) is 23.2 Å². The van der Waals surface area contributed by atoms with Crippen LogP contribution in [0.25, 0.3) is 0 Å². The van der Waals surface area contributed by atoms with Crippen LogP contribution in [-0.4, -0.2) is 16.3 Å². The predicted octanol–water partition coefficient (Wildman–Crippen LogP) is 3.81. The summed E-state index contributed by atoms with van der Waals surface area (Å²) in [4.78, 5) is 19.2. The lowest BCUT2D eigenvalue weighted by molar-refractivity contribution is 0.112. The Labute approximate surface area is 110 Å². The third-order valence-electron chi connectivity index (χ3n) is 1.59. The van der Waals surface area contributed by atoms with E-state index in [9.17, 15) is 4.79 Å². The first-order chi connectivity index (χ1) is 7.69. The topological polar surface area (TPSA) is 42.9 Å². The van der Waals surface area contributed by atoms with Gasteiger partial charge < -0.3 is 0 Å². The fraction of sp³-hybridized carbons (Fsp3) is 0. The summed E-state index contributed by atoms with van der Waals surface area (Å²) >= 11 is 14.0. The zero-order valence-corrected chi connectivity index (χ0v) is 10.8. The highest BCUT2D eigenvalue weighted by Gasteiger charge is 2.10. The fourth-order valence-electron chi connectivity index (χ4n) is 0.923. The molecule has 0 spiro atoms. The van der Waals surface area contributed by atoms with Crippen molar-refractivity contribution < 1.29 is 4.79 Å². The van der Waals surface area contributed by atoms with Gasteiger partial charge in [0.1, 0.15) is 9.90 Å². The first-order valence-electron chi connectivity index (χ1n) is 4.10. The van der Waals surface area contributed by atoms with Gasteiger partial charge in [-0.3, -0.25) is 4.79 Å². The van der Waals surface area contributed by atoms with Crippen molar-refractivity contribution in [3.63, 3.8) is 0 Å². The van der Waals surface area contributed by atoms with Crippen LogP contribution < -0.4 is 0 Å². The Morgan fingerprint density at radius 1 is 1.38 bits per heavy atom. The van der Waals surface area contributed by atoms with Crippen LogP contribution in [0.5, 0.6) is 0 Å². The molecule has 0 aliphatic rings. The number of aldehydes is 1. The van der Waals surface area contributed by atoms with Crippen LogP contribution in [-0.2, 0) is 0 Å². The standard InChI is InChI=1S/C9H4Cl2N2OS2/c10-5-1-2-7(12-3-5)16-9-13-8(11)6(4-14)15-9/h1-4H. The molecule has 16 heavy (non-hydrogen) atoms. The summed E-state index contributed by atoms with van der Waals surface area (Å²) in [5.41, 5.74) is 0. The van der Waals surface area contributed by atoms with Crippen molar-refractivity contribution in [1.82, 2.24) is 9.97 Å². The number of rotatable bonds is 3. The van der Waals surface area contributed by atoms with E-state index in [1.165, 1.54) is 23.1 Å². The highest BCUT2D eigenvalue weighted by atomic mass is 35.5. The van der Waals surface area contributed by atoms with E-state index in [2.05, 4.69) is 9.97 Å². The molecule has 0 aliphatic heterocycles. The van der Waals surface area contributed by atoms with Crippen LogP contribution in [0.1, 0.15) is 9.67 Å². The lowest BCUT2D eigenvalue weighted by atomic mass is 10.5. The van der Waals surface area contributed by atoms with Crippen LogP contribution in [0, 0.1) is 0 Å². The molecule has 0 aromatic carbocycles. The molecule has 82 valence electrons. The van der Waals surface area contributed by atoms with Crippen molar-refractivity contribution in [2.75, 3.05) is 0 Å². The van der Waals surface area contributed by atoms with Crippen molar-refractivity contribution >= 4 is 52.6 Å². The molecule has 0 fully saturated rings. The summed E-state index contributed by atoms with van der Waals surface area (Å²) in [7, 11) is 0. The van der Waals surface area contributed by atoms with E-state index in [0.717, 1.165) is 5.03 Å². The molecule has 0 radical (unpaired) electrons. The van der Waals surface area contributed by atoms with Crippen molar-refractivity contribution in [2.45, 2.75) is 9.37 Å². The third-order valence-corrected chi connectivity index (χ3v) is 4.20. The quantitative estimate of drug-likeness (QED) is 0.806. The zero-order valence-electron chi connectivity index (χ0n) is 7.68. The minimum Gasteiger partial charge on any atom is -0.297 e. The van der Waals surface area contributed by atoms with E-state index < -0.39 is 0 Å². The molecule has 0 amide bonds. The monoisotopic (exact) mass is 290 g/mol. The average Bonchev–Trinajstić information content (AvgIpc) is 2.62. The van der Waals surface area contributed by atoms with Gasteiger partial charge in [0, 0.05) is 6.20 Å². The largest absolute Gasteiger partial charge is 0.297 e. The number of aromatic nitrogens is 2. The summed E-state index contributed by atoms with van der Waals surface area (Å²) in [5, 5.41) is 1.57. The number of carbonyl (C=O) groups excluding carboxylic acids is 1. The lowest BCUT2D eigenvalue weighted by Crippen LogP contribution is -1.77. The van der Waals surface area contributed by atoms with E-state index in [1.54, 1.807) is 18.3 Å². The van der Waals surface area contributed by atoms with Crippen LogP contribution >= 0.6 is 46.3 Å². The molecule has 0 N–H and O–H groups in total. The van der Waals surface area contributed by atoms with Crippen molar-refractivity contribution in [2.24, 2.45) is 0 Å². The summed E-state index contributed by atoms with van der Waals surface area (Å²) in [5.74, 6) is 0. The molecule has 0 saturated carbocycles. The van der Waals surface area contributed by atoms with Crippen LogP contribution in [0.2, 0.25) is 10.2 Å². The minimum atomic E-state index is 0.233. The average molecular weight is 291 g/mol. The van der Waals surface area contributed by atoms with Crippen LogP contribution in [0.15, 0.2) is 27.7 Å². The van der Waals surface area contributed by atoms with E-state index in [0.29, 0.717) is 20.5 Å². The second-order valence-corrected chi connectivity index (χ2v) is 5.76. The molecular weight excluding hydrogens is 287 g/mol. The van der Waals surface area contributed by atoms with E-state index >= 15 is 0 Å². The second-order valence-electron chi connectivity index (χ2n) is 2.67. The van der Waals surface area contributed by atoms with E-state index in [1.807, 2.05) is 0 Å². The SMILES string of the molecule is O=Cc1sc(Sc2ccc(Cl)cn2)nc1Cl. The second kappa shape index (κ2) is 5.14. The van der Waals surface area contributed by atoms with Crippen molar-refractivity contribution in [3.05, 3.63) is 33.4 Å². The Balaban J connectivity index is 2.20. The Bertz CT molecular complexity index is 513. The summed E-state index contributed by atoms with van der Waals surface area (Å²) in [6.45, 7) is 0. The lowest BCUT2D eigenvalue weighted by Gasteiger charge is -1.95. The zero-order chi connectivity index (χ0) is 11.5. The molecule has 0 unspecified atom stereocenters. The highest BCUT2D eigenvalue weighted by Crippen LogP contribution is 2.33. The number of thiazole rings is 1. The predicted molar refractivity (Wildman–Crippen MR) is 65.9 cm³/mol. The summed E-state index contributed by atoms with van der Waals surface area (Å²) in [6, 6.07) is 3.52. The van der Waals surface area contributed by atoms with Gasteiger partial charge in [0.15, 0.2) is 15.8 Å². The first-order valence-corrected chi connectivity index (χ1v) is 6.49. The van der Waals surface area contributed by atoms with Gasteiger partial charge in [0.05, 0.1) is 5.02 Å². The van der Waals surface area contributed by atoms with Gasteiger partial charge in [-0.25, -0.2) is 9.97 Å². The number of nitrogens with zero attached hydrogens (tertiary/aromatic N) is 2. The molecule has 0 saturated heterocycles. The highest BCUT2D eigenvalue weighted by molar-refractivity contribution is 8.01. The molecule has 2 aromatic rings. The van der Waals surface area contributed by atoms with Crippen molar-refractivity contribution in [1.29, 1.82) is 0 Å². The number of carbonyl (C=O) groups is 1. The van der Waals surface area contributed by atoms with Gasteiger partial charge >= 0.3 is 0 Å². The molecule has 2 rings (SSSR count). The molecule has 3 nitrogen and oxygen atoms in total. The number of halogens is 2. The van der Waals surface area contributed by atoms with Gasteiger partial charge in [-0.15, -0.1) is 11.3 Å². The summed E-state index contributed by atoms with van der Waals surface area (Å²) < 4.78 is 0.682. The number of hydrogen-bond donors (Lipinski definition) is 0. The number of hydrogen-bond acceptors (Lipinski definition) is 5. The van der Waals surface area contributed by atoms with Crippen LogP contribution in [0.3, 0.4) is 0 Å². The smallest absolute Gasteiger partial charge is 0.163 e. The van der Waals surface area contributed by atoms with Gasteiger partial charge in [-0.05, 0) is 23.9 Å². The molecule has 2 heterocycles. The minimum absolute atomic E-state index is 0.233. The maximum Gasteiger partial charge on any atom is 0.163 e. The maximum atomic E-state index is 10.6. The molecule has 7 heteroatoms. The van der Waals surface area contributed by atoms with E-state index in [-0.39, 0.29) is 5.15 Å². The molecule has 0 atom stereocenters. The normalized spacial score (nSPS) is 10.4. The Morgan fingerprint density at radius 3 is 2.75 bits per heavy atom. The van der Waals surface area contributed by atoms with Gasteiger partial charge in [0.25, 0.3) is 0 Å². The molecule has 2 aromatic heterocycles. The first kappa shape index (κ1) is 11.9. The van der Waals surface area contributed by atoms with Crippen LogP contribution in [0.4, 0.5) is 0 Å². The third kappa shape index (κ3) is 2.74. The Kier molecular flexibility index (Phi) is 3.81. The van der Waals surface area contributed by atoms with E-state index in [4.69, 9.17) is 23.2 Å². The fourth-order valence-corrected chi connectivity index (χ4v) is 3.13.